The van der Waals surface area contributed by atoms with Crippen LogP contribution in [0.1, 0.15) is 33.6 Å². The van der Waals surface area contributed by atoms with Gasteiger partial charge in [0.1, 0.15) is 4.75 Å². The summed E-state index contributed by atoms with van der Waals surface area (Å²) in [6.45, 7) is 5.35. The minimum absolute atomic E-state index is 0.0394. The highest BCUT2D eigenvalue weighted by molar-refractivity contribution is 8.23. The maximum Gasteiger partial charge on any atom is 0.303 e. The van der Waals surface area contributed by atoms with Gasteiger partial charge < -0.3 is 9.84 Å². The number of carboxylic acids is 1. The first-order chi connectivity index (χ1) is 7.29. The van der Waals surface area contributed by atoms with E-state index in [0.717, 1.165) is 11.8 Å². The fourth-order valence-corrected chi connectivity index (χ4v) is 2.48. The Morgan fingerprint density at radius 1 is 1.69 bits per heavy atom. The number of hydrogen-bond donors (Lipinski definition) is 1. The molecule has 0 amide bonds. The molecule has 6 heteroatoms. The SMILES string of the molecule is CC(C)OC(=S)SC(C)(C#N)CCC(=O)O. The first kappa shape index (κ1) is 15.2. The van der Waals surface area contributed by atoms with Crippen LogP contribution in [0.2, 0.25) is 0 Å². The van der Waals surface area contributed by atoms with Crippen LogP contribution in [-0.4, -0.2) is 26.3 Å². The van der Waals surface area contributed by atoms with Gasteiger partial charge in [-0.2, -0.15) is 5.26 Å². The lowest BCUT2D eigenvalue weighted by Crippen LogP contribution is -2.22. The lowest BCUT2D eigenvalue weighted by atomic mass is 10.1. The van der Waals surface area contributed by atoms with E-state index in [9.17, 15) is 4.79 Å². The van der Waals surface area contributed by atoms with E-state index in [1.807, 2.05) is 13.8 Å². The number of hydrogen-bond acceptors (Lipinski definition) is 5. The van der Waals surface area contributed by atoms with Gasteiger partial charge in [0, 0.05) is 6.42 Å². The second kappa shape index (κ2) is 6.71. The molecule has 0 fully saturated rings. The van der Waals surface area contributed by atoms with Crippen LogP contribution in [0, 0.1) is 11.3 Å². The smallest absolute Gasteiger partial charge is 0.303 e. The summed E-state index contributed by atoms with van der Waals surface area (Å²) >= 11 is 6.07. The van der Waals surface area contributed by atoms with Crippen LogP contribution in [0.4, 0.5) is 0 Å². The van der Waals surface area contributed by atoms with Gasteiger partial charge in [-0.15, -0.1) is 0 Å². The van der Waals surface area contributed by atoms with Crippen LogP contribution < -0.4 is 0 Å². The van der Waals surface area contributed by atoms with Gasteiger partial charge in [0.2, 0.25) is 4.38 Å². The van der Waals surface area contributed by atoms with E-state index in [1.54, 1.807) is 6.92 Å². The fraction of sp³-hybridized carbons (Fsp3) is 0.700. The second-order valence-electron chi connectivity index (χ2n) is 3.76. The van der Waals surface area contributed by atoms with E-state index in [2.05, 4.69) is 6.07 Å². The maximum absolute atomic E-state index is 10.4. The Morgan fingerprint density at radius 3 is 2.62 bits per heavy atom. The molecule has 0 aromatic rings. The highest BCUT2D eigenvalue weighted by Gasteiger charge is 2.28. The van der Waals surface area contributed by atoms with Crippen molar-refractivity contribution in [1.82, 2.24) is 0 Å². The summed E-state index contributed by atoms with van der Waals surface area (Å²) in [5.74, 6) is -0.919. The summed E-state index contributed by atoms with van der Waals surface area (Å²) in [5, 5.41) is 17.6. The highest BCUT2D eigenvalue weighted by atomic mass is 32.2. The molecule has 0 aromatic carbocycles. The third-order valence-corrected chi connectivity index (χ3v) is 3.05. The Balaban J connectivity index is 4.32. The summed E-state index contributed by atoms with van der Waals surface area (Å²) in [7, 11) is 0. The van der Waals surface area contributed by atoms with Gasteiger partial charge >= 0.3 is 5.97 Å². The number of aliphatic carboxylic acids is 1. The standard InChI is InChI=1S/C10H15NO3S2/c1-7(2)14-9(15)16-10(3,6-11)5-4-8(12)13/h7H,4-5H2,1-3H3,(H,12,13). The fourth-order valence-electron chi connectivity index (χ4n) is 0.876. The number of rotatable bonds is 5. The van der Waals surface area contributed by atoms with E-state index in [-0.39, 0.29) is 23.3 Å². The lowest BCUT2D eigenvalue weighted by Gasteiger charge is -2.21. The average Bonchev–Trinajstić information content (AvgIpc) is 2.13. The molecule has 1 atom stereocenters. The second-order valence-corrected chi connectivity index (χ2v) is 5.86. The van der Waals surface area contributed by atoms with Crippen molar-refractivity contribution in [3.05, 3.63) is 0 Å². The van der Waals surface area contributed by atoms with Crippen LogP contribution in [-0.2, 0) is 9.53 Å². The van der Waals surface area contributed by atoms with Gasteiger partial charge in [-0.3, -0.25) is 4.79 Å². The van der Waals surface area contributed by atoms with Crippen LogP contribution in [0.5, 0.6) is 0 Å². The third kappa shape index (κ3) is 6.64. The molecule has 4 nitrogen and oxygen atoms in total. The molecule has 0 rings (SSSR count). The Morgan fingerprint density at radius 2 is 2.25 bits per heavy atom. The van der Waals surface area contributed by atoms with E-state index in [4.69, 9.17) is 27.3 Å². The number of carboxylic acid groups (broad SMARTS) is 1. The molecule has 16 heavy (non-hydrogen) atoms. The Kier molecular flexibility index (Phi) is 6.38. The molecule has 1 N–H and O–H groups in total. The van der Waals surface area contributed by atoms with Crippen LogP contribution in [0.3, 0.4) is 0 Å². The summed E-state index contributed by atoms with van der Waals surface area (Å²) < 4.78 is 4.69. The molecular formula is C10H15NO3S2. The summed E-state index contributed by atoms with van der Waals surface area (Å²) in [4.78, 5) is 10.4. The third-order valence-electron chi connectivity index (χ3n) is 1.69. The maximum atomic E-state index is 10.4. The molecular weight excluding hydrogens is 246 g/mol. The molecule has 90 valence electrons. The summed E-state index contributed by atoms with van der Waals surface area (Å²) in [6.07, 6.45) is 0.148. The molecule has 0 aliphatic carbocycles. The monoisotopic (exact) mass is 261 g/mol. The van der Waals surface area contributed by atoms with Gasteiger partial charge in [0.05, 0.1) is 12.2 Å². The molecule has 0 heterocycles. The van der Waals surface area contributed by atoms with Crippen molar-refractivity contribution in [3.63, 3.8) is 0 Å². The van der Waals surface area contributed by atoms with Crippen molar-refractivity contribution in [1.29, 1.82) is 5.26 Å². The van der Waals surface area contributed by atoms with Crippen LogP contribution in [0.15, 0.2) is 0 Å². The number of thiocarbonyl (C=S) groups is 1. The normalized spacial score (nSPS) is 13.9. The summed E-state index contributed by atoms with van der Waals surface area (Å²) in [6, 6.07) is 2.07. The van der Waals surface area contributed by atoms with Crippen molar-refractivity contribution in [2.24, 2.45) is 0 Å². The predicted molar refractivity (Wildman–Crippen MR) is 67.3 cm³/mol. The lowest BCUT2D eigenvalue weighted by molar-refractivity contribution is -0.137. The molecule has 0 aliphatic heterocycles. The van der Waals surface area contributed by atoms with Gasteiger partial charge in [-0.25, -0.2) is 0 Å². The van der Waals surface area contributed by atoms with Gasteiger partial charge in [0.15, 0.2) is 0 Å². The van der Waals surface area contributed by atoms with Gasteiger partial charge in [0.25, 0.3) is 0 Å². The number of ether oxygens (including phenoxy) is 1. The van der Waals surface area contributed by atoms with Crippen molar-refractivity contribution in [3.8, 4) is 6.07 Å². The van der Waals surface area contributed by atoms with E-state index in [1.165, 1.54) is 0 Å². The molecule has 0 bridgehead atoms. The quantitative estimate of drug-likeness (QED) is 0.767. The van der Waals surface area contributed by atoms with Crippen molar-refractivity contribution < 1.29 is 14.6 Å². The molecule has 0 saturated heterocycles. The van der Waals surface area contributed by atoms with Gasteiger partial charge in [-0.1, -0.05) is 11.8 Å². The minimum atomic E-state index is -0.919. The number of nitriles is 1. The zero-order valence-corrected chi connectivity index (χ0v) is 11.2. The number of nitrogens with zero attached hydrogens (tertiary/aromatic N) is 1. The molecule has 1 unspecified atom stereocenters. The van der Waals surface area contributed by atoms with E-state index >= 15 is 0 Å². The Hall–Kier alpha value is -0.800. The molecule has 0 saturated carbocycles. The first-order valence-corrected chi connectivity index (χ1v) is 6.04. The van der Waals surface area contributed by atoms with Crippen molar-refractivity contribution >= 4 is 34.3 Å². The zero-order chi connectivity index (χ0) is 12.8. The summed E-state index contributed by atoms with van der Waals surface area (Å²) in [5.41, 5.74) is 0. The molecule has 0 aliphatic rings. The Labute approximate surface area is 105 Å². The van der Waals surface area contributed by atoms with Crippen LogP contribution >= 0.6 is 24.0 Å². The van der Waals surface area contributed by atoms with Gasteiger partial charge in [-0.05, 0) is 39.4 Å². The zero-order valence-electron chi connectivity index (χ0n) is 9.52. The molecule has 0 aromatic heterocycles. The number of carbonyl (C=O) groups is 1. The van der Waals surface area contributed by atoms with Crippen molar-refractivity contribution in [2.45, 2.75) is 44.5 Å². The van der Waals surface area contributed by atoms with Crippen LogP contribution in [0.25, 0.3) is 0 Å². The molecule has 0 radical (unpaired) electrons. The minimum Gasteiger partial charge on any atom is -0.481 e. The largest absolute Gasteiger partial charge is 0.481 e. The Bertz CT molecular complexity index is 312. The highest BCUT2D eigenvalue weighted by Crippen LogP contribution is 2.31. The molecule has 0 spiro atoms. The first-order valence-electron chi connectivity index (χ1n) is 4.82. The van der Waals surface area contributed by atoms with E-state index in [0.29, 0.717) is 0 Å². The van der Waals surface area contributed by atoms with E-state index < -0.39 is 10.7 Å². The average molecular weight is 261 g/mol. The number of thioether (sulfide) groups is 1. The topological polar surface area (TPSA) is 70.3 Å². The van der Waals surface area contributed by atoms with Crippen molar-refractivity contribution in [2.75, 3.05) is 0 Å². The predicted octanol–water partition coefficient (Wildman–Crippen LogP) is 2.58.